The molecule has 0 radical (unpaired) electrons. The minimum Gasteiger partial charge on any atom is -0.399 e. The Morgan fingerprint density at radius 1 is 1.32 bits per heavy atom. The number of carbonyl (C=O) groups is 1. The first-order valence-corrected chi connectivity index (χ1v) is 5.93. The second kappa shape index (κ2) is 5.39. The minimum absolute atomic E-state index is 0.141. The van der Waals surface area contributed by atoms with Gasteiger partial charge in [0.15, 0.2) is 0 Å². The molecule has 0 aliphatic carbocycles. The van der Waals surface area contributed by atoms with E-state index in [0.29, 0.717) is 16.9 Å². The molecule has 1 aromatic carbocycles. The van der Waals surface area contributed by atoms with Crippen LogP contribution in [0.25, 0.3) is 0 Å². The van der Waals surface area contributed by atoms with Crippen LogP contribution in [0.5, 0.6) is 0 Å². The third kappa shape index (κ3) is 3.01. The molecular weight excluding hydrogens is 240 g/mol. The number of nitrogens with zero attached hydrogens (tertiary/aromatic N) is 1. The smallest absolute Gasteiger partial charge is 0.253 e. The fourth-order valence-electron chi connectivity index (χ4n) is 1.78. The van der Waals surface area contributed by atoms with Gasteiger partial charge in [-0.1, -0.05) is 6.07 Å². The largest absolute Gasteiger partial charge is 0.399 e. The number of hydrogen-bond donors (Lipinski definition) is 3. The molecule has 2 rings (SSSR count). The number of rotatable bonds is 3. The highest BCUT2D eigenvalue weighted by Gasteiger charge is 2.13. The third-order valence-corrected chi connectivity index (χ3v) is 2.85. The molecule has 5 heteroatoms. The first-order valence-electron chi connectivity index (χ1n) is 5.93. The third-order valence-electron chi connectivity index (χ3n) is 2.85. The molecule has 1 amide bonds. The molecule has 5 N–H and O–H groups in total. The van der Waals surface area contributed by atoms with Gasteiger partial charge in [-0.05, 0) is 36.8 Å². The van der Waals surface area contributed by atoms with Crippen LogP contribution in [0.2, 0.25) is 0 Å². The Morgan fingerprint density at radius 3 is 2.74 bits per heavy atom. The average Bonchev–Trinajstić information content (AvgIpc) is 2.39. The number of hydrogen-bond acceptors (Lipinski definition) is 4. The Bertz CT molecular complexity index is 583. The SMILES string of the molecule is CC(NC(=O)c1ccc(N)cc1N)c1cccnc1. The van der Waals surface area contributed by atoms with Crippen molar-refractivity contribution in [2.24, 2.45) is 0 Å². The normalized spacial score (nSPS) is 11.8. The molecule has 0 bridgehead atoms. The first-order chi connectivity index (χ1) is 9.08. The molecule has 0 saturated carbocycles. The van der Waals surface area contributed by atoms with Crippen LogP contribution in [0.4, 0.5) is 11.4 Å². The van der Waals surface area contributed by atoms with Crippen LogP contribution in [-0.2, 0) is 0 Å². The van der Waals surface area contributed by atoms with E-state index in [9.17, 15) is 4.79 Å². The van der Waals surface area contributed by atoms with Crippen molar-refractivity contribution in [1.29, 1.82) is 0 Å². The molecule has 0 aliphatic heterocycles. The van der Waals surface area contributed by atoms with Crippen LogP contribution in [0, 0.1) is 0 Å². The predicted molar refractivity (Wildman–Crippen MR) is 75.4 cm³/mol. The summed E-state index contributed by atoms with van der Waals surface area (Å²) in [5.41, 5.74) is 13.6. The van der Waals surface area contributed by atoms with Crippen molar-refractivity contribution in [3.8, 4) is 0 Å². The van der Waals surface area contributed by atoms with Crippen LogP contribution >= 0.6 is 0 Å². The maximum absolute atomic E-state index is 12.1. The van der Waals surface area contributed by atoms with Gasteiger partial charge in [0.1, 0.15) is 0 Å². The van der Waals surface area contributed by atoms with Crippen molar-refractivity contribution >= 4 is 17.3 Å². The number of carbonyl (C=O) groups excluding carboxylic acids is 1. The summed E-state index contributed by atoms with van der Waals surface area (Å²) < 4.78 is 0. The number of benzene rings is 1. The highest BCUT2D eigenvalue weighted by Crippen LogP contribution is 2.17. The Labute approximate surface area is 111 Å². The second-order valence-corrected chi connectivity index (χ2v) is 4.33. The monoisotopic (exact) mass is 256 g/mol. The fraction of sp³-hybridized carbons (Fsp3) is 0.143. The molecule has 0 spiro atoms. The summed E-state index contributed by atoms with van der Waals surface area (Å²) in [4.78, 5) is 16.1. The lowest BCUT2D eigenvalue weighted by Gasteiger charge is -2.15. The number of aromatic nitrogens is 1. The van der Waals surface area contributed by atoms with Crippen molar-refractivity contribution < 1.29 is 4.79 Å². The summed E-state index contributed by atoms with van der Waals surface area (Å²) in [5, 5.41) is 2.87. The van der Waals surface area contributed by atoms with Gasteiger partial charge in [0.2, 0.25) is 0 Å². The van der Waals surface area contributed by atoms with Gasteiger partial charge in [-0.15, -0.1) is 0 Å². The summed E-state index contributed by atoms with van der Waals surface area (Å²) in [6.07, 6.45) is 3.41. The standard InChI is InChI=1S/C14H16N4O/c1-9(10-3-2-6-17-8-10)18-14(19)12-5-4-11(15)7-13(12)16/h2-9H,15-16H2,1H3,(H,18,19). The summed E-state index contributed by atoms with van der Waals surface area (Å²) >= 11 is 0. The number of nitrogens with two attached hydrogens (primary N) is 2. The van der Waals surface area contributed by atoms with Gasteiger partial charge >= 0.3 is 0 Å². The number of amides is 1. The second-order valence-electron chi connectivity index (χ2n) is 4.33. The Hall–Kier alpha value is -2.56. The Kier molecular flexibility index (Phi) is 3.66. The van der Waals surface area contributed by atoms with E-state index in [0.717, 1.165) is 5.56 Å². The number of nitrogen functional groups attached to an aromatic ring is 2. The van der Waals surface area contributed by atoms with Gasteiger partial charge in [-0.25, -0.2) is 0 Å². The molecule has 98 valence electrons. The molecule has 1 heterocycles. The quantitative estimate of drug-likeness (QED) is 0.729. The van der Waals surface area contributed by atoms with Crippen LogP contribution in [0.1, 0.15) is 28.9 Å². The zero-order chi connectivity index (χ0) is 13.8. The van der Waals surface area contributed by atoms with Crippen molar-refractivity contribution in [3.05, 3.63) is 53.9 Å². The van der Waals surface area contributed by atoms with Crippen molar-refractivity contribution in [2.45, 2.75) is 13.0 Å². The molecular formula is C14H16N4O. The van der Waals surface area contributed by atoms with Crippen molar-refractivity contribution in [1.82, 2.24) is 10.3 Å². The lowest BCUT2D eigenvalue weighted by atomic mass is 10.1. The zero-order valence-electron chi connectivity index (χ0n) is 10.6. The molecule has 1 aromatic heterocycles. The number of anilines is 2. The van der Waals surface area contributed by atoms with E-state index in [2.05, 4.69) is 10.3 Å². The van der Waals surface area contributed by atoms with E-state index >= 15 is 0 Å². The van der Waals surface area contributed by atoms with E-state index in [-0.39, 0.29) is 11.9 Å². The average molecular weight is 256 g/mol. The molecule has 0 aliphatic rings. The van der Waals surface area contributed by atoms with Crippen LogP contribution in [0.3, 0.4) is 0 Å². The molecule has 1 atom stereocenters. The summed E-state index contributed by atoms with van der Waals surface area (Å²) in [7, 11) is 0. The van der Waals surface area contributed by atoms with Gasteiger partial charge in [0, 0.05) is 23.8 Å². The molecule has 0 fully saturated rings. The summed E-state index contributed by atoms with van der Waals surface area (Å²) in [6, 6.07) is 8.44. The summed E-state index contributed by atoms with van der Waals surface area (Å²) in [6.45, 7) is 1.89. The van der Waals surface area contributed by atoms with Gasteiger partial charge in [0.25, 0.3) is 5.91 Å². The van der Waals surface area contributed by atoms with E-state index < -0.39 is 0 Å². The lowest BCUT2D eigenvalue weighted by molar-refractivity contribution is 0.0941. The fourth-order valence-corrected chi connectivity index (χ4v) is 1.78. The van der Waals surface area contributed by atoms with E-state index in [1.165, 1.54) is 0 Å². The Morgan fingerprint density at radius 2 is 2.11 bits per heavy atom. The van der Waals surface area contributed by atoms with Crippen LogP contribution in [-0.4, -0.2) is 10.9 Å². The first kappa shape index (κ1) is 12.9. The van der Waals surface area contributed by atoms with Gasteiger partial charge in [0.05, 0.1) is 11.6 Å². The highest BCUT2D eigenvalue weighted by molar-refractivity contribution is 5.99. The maximum Gasteiger partial charge on any atom is 0.253 e. The lowest BCUT2D eigenvalue weighted by Crippen LogP contribution is -2.27. The molecule has 19 heavy (non-hydrogen) atoms. The van der Waals surface area contributed by atoms with E-state index in [1.54, 1.807) is 30.6 Å². The van der Waals surface area contributed by atoms with Crippen LogP contribution in [0.15, 0.2) is 42.7 Å². The molecule has 5 nitrogen and oxygen atoms in total. The van der Waals surface area contributed by atoms with Crippen LogP contribution < -0.4 is 16.8 Å². The Balaban J connectivity index is 2.13. The maximum atomic E-state index is 12.1. The zero-order valence-corrected chi connectivity index (χ0v) is 10.6. The minimum atomic E-state index is -0.228. The topological polar surface area (TPSA) is 94.0 Å². The van der Waals surface area contributed by atoms with Crippen molar-refractivity contribution in [2.75, 3.05) is 11.5 Å². The van der Waals surface area contributed by atoms with Gasteiger partial charge < -0.3 is 16.8 Å². The van der Waals surface area contributed by atoms with E-state index in [4.69, 9.17) is 11.5 Å². The predicted octanol–water partition coefficient (Wildman–Crippen LogP) is 1.74. The molecule has 2 aromatic rings. The molecule has 1 unspecified atom stereocenters. The number of pyridine rings is 1. The van der Waals surface area contributed by atoms with Gasteiger partial charge in [-0.3, -0.25) is 9.78 Å². The highest BCUT2D eigenvalue weighted by atomic mass is 16.1. The van der Waals surface area contributed by atoms with E-state index in [1.807, 2.05) is 19.1 Å². The summed E-state index contributed by atoms with van der Waals surface area (Å²) in [5.74, 6) is -0.228. The number of nitrogens with one attached hydrogen (secondary N) is 1. The molecule has 0 saturated heterocycles. The van der Waals surface area contributed by atoms with Crippen molar-refractivity contribution in [3.63, 3.8) is 0 Å². The van der Waals surface area contributed by atoms with Gasteiger partial charge in [-0.2, -0.15) is 0 Å².